The molecule has 4 nitrogen and oxygen atoms in total. The van der Waals surface area contributed by atoms with E-state index >= 15 is 0 Å². The van der Waals surface area contributed by atoms with Crippen LogP contribution in [0.5, 0.6) is 11.5 Å². The molecule has 0 spiro atoms. The van der Waals surface area contributed by atoms with E-state index in [-0.39, 0.29) is 0 Å². The molecule has 6 heteroatoms. The molecule has 0 atom stereocenters. The van der Waals surface area contributed by atoms with E-state index in [9.17, 15) is 4.79 Å². The summed E-state index contributed by atoms with van der Waals surface area (Å²) in [7, 11) is 1.54. The van der Waals surface area contributed by atoms with Crippen LogP contribution in [0.3, 0.4) is 0 Å². The maximum atomic E-state index is 10.8. The summed E-state index contributed by atoms with van der Waals surface area (Å²) in [6.45, 7) is 0.303. The van der Waals surface area contributed by atoms with Gasteiger partial charge in [-0.15, -0.1) is 11.3 Å². The predicted octanol–water partition coefficient (Wildman–Crippen LogP) is 4.86. The van der Waals surface area contributed by atoms with E-state index < -0.39 is 0 Å². The number of aromatic nitrogens is 1. The summed E-state index contributed by atoms with van der Waals surface area (Å²) in [6, 6.07) is 12.6. The number of halogens is 1. The van der Waals surface area contributed by atoms with Crippen molar-refractivity contribution in [1.82, 2.24) is 4.98 Å². The number of hydrogen-bond acceptors (Lipinski definition) is 5. The molecule has 0 amide bonds. The van der Waals surface area contributed by atoms with E-state index in [1.807, 2.05) is 29.6 Å². The van der Waals surface area contributed by atoms with Crippen LogP contribution in [0.15, 0.2) is 47.8 Å². The van der Waals surface area contributed by atoms with Gasteiger partial charge in [-0.25, -0.2) is 4.98 Å². The number of nitrogens with zero attached hydrogens (tertiary/aromatic N) is 1. The second-order valence-corrected chi connectivity index (χ2v) is 6.21. The Kier molecular flexibility index (Phi) is 5.13. The Bertz CT molecular complexity index is 863. The molecule has 0 unspecified atom stereocenters. The van der Waals surface area contributed by atoms with E-state index in [0.29, 0.717) is 28.7 Å². The summed E-state index contributed by atoms with van der Waals surface area (Å²) in [5, 5.41) is 3.46. The first-order chi connectivity index (χ1) is 11.7. The molecular formula is C18H14ClNO3S. The Labute approximate surface area is 148 Å². The smallest absolute Gasteiger partial charge is 0.161 e. The van der Waals surface area contributed by atoms with Crippen molar-refractivity contribution >= 4 is 29.2 Å². The van der Waals surface area contributed by atoms with Crippen LogP contribution >= 0.6 is 22.9 Å². The highest BCUT2D eigenvalue weighted by molar-refractivity contribution is 7.13. The van der Waals surface area contributed by atoms with E-state index in [0.717, 1.165) is 22.6 Å². The van der Waals surface area contributed by atoms with Crippen LogP contribution < -0.4 is 9.47 Å². The van der Waals surface area contributed by atoms with Crippen LogP contribution in [0.1, 0.15) is 16.1 Å². The van der Waals surface area contributed by atoms with Crippen LogP contribution in [0.4, 0.5) is 0 Å². The third-order valence-electron chi connectivity index (χ3n) is 3.36. The predicted molar refractivity (Wildman–Crippen MR) is 95.3 cm³/mol. The van der Waals surface area contributed by atoms with Crippen LogP contribution in [0.2, 0.25) is 5.02 Å². The van der Waals surface area contributed by atoms with Crippen molar-refractivity contribution in [2.24, 2.45) is 0 Å². The van der Waals surface area contributed by atoms with Gasteiger partial charge in [0.15, 0.2) is 11.5 Å². The van der Waals surface area contributed by atoms with Crippen LogP contribution in [-0.2, 0) is 6.61 Å². The van der Waals surface area contributed by atoms with Crippen molar-refractivity contribution in [2.45, 2.75) is 6.61 Å². The first-order valence-corrected chi connectivity index (χ1v) is 8.42. The number of methoxy groups -OCH3 is 1. The highest BCUT2D eigenvalue weighted by Gasteiger charge is 2.10. The average molecular weight is 360 g/mol. The monoisotopic (exact) mass is 359 g/mol. The summed E-state index contributed by atoms with van der Waals surface area (Å²) in [6.07, 6.45) is 0.766. The molecule has 0 N–H and O–H groups in total. The Morgan fingerprint density at radius 1 is 1.21 bits per heavy atom. The van der Waals surface area contributed by atoms with Gasteiger partial charge >= 0.3 is 0 Å². The minimum absolute atomic E-state index is 0.303. The van der Waals surface area contributed by atoms with E-state index in [1.165, 1.54) is 18.4 Å². The van der Waals surface area contributed by atoms with Crippen LogP contribution in [0.25, 0.3) is 10.6 Å². The molecule has 0 fully saturated rings. The number of carbonyl (C=O) groups is 1. The van der Waals surface area contributed by atoms with E-state index in [1.54, 1.807) is 18.2 Å². The molecule has 0 aliphatic heterocycles. The van der Waals surface area contributed by atoms with Gasteiger partial charge in [-0.1, -0.05) is 29.8 Å². The van der Waals surface area contributed by atoms with Crippen molar-refractivity contribution in [3.05, 3.63) is 64.1 Å². The first-order valence-electron chi connectivity index (χ1n) is 7.16. The molecular weight excluding hydrogens is 346 g/mol. The number of ether oxygens (including phenoxy) is 2. The Balaban J connectivity index is 1.74. The van der Waals surface area contributed by atoms with Crippen LogP contribution in [-0.4, -0.2) is 18.4 Å². The third-order valence-corrected chi connectivity index (χ3v) is 4.61. The van der Waals surface area contributed by atoms with Gasteiger partial charge in [0.05, 0.1) is 17.8 Å². The number of thiazole rings is 1. The molecule has 0 aliphatic rings. The maximum absolute atomic E-state index is 10.8. The molecule has 1 aromatic heterocycles. The van der Waals surface area contributed by atoms with E-state index in [2.05, 4.69) is 4.98 Å². The normalized spacial score (nSPS) is 10.4. The molecule has 0 saturated heterocycles. The number of rotatable bonds is 6. The van der Waals surface area contributed by atoms with Crippen LogP contribution in [0, 0.1) is 0 Å². The lowest BCUT2D eigenvalue weighted by molar-refractivity contribution is 0.112. The Hall–Kier alpha value is -2.37. The Morgan fingerprint density at radius 3 is 2.79 bits per heavy atom. The molecule has 122 valence electrons. The Morgan fingerprint density at radius 2 is 2.04 bits per heavy atom. The molecule has 0 saturated carbocycles. The first kappa shape index (κ1) is 16.5. The topological polar surface area (TPSA) is 48.4 Å². The summed E-state index contributed by atoms with van der Waals surface area (Å²) < 4.78 is 11.0. The minimum Gasteiger partial charge on any atom is -0.493 e. The summed E-state index contributed by atoms with van der Waals surface area (Å²) in [5.41, 5.74) is 2.24. The van der Waals surface area contributed by atoms with Gasteiger partial charge in [0, 0.05) is 16.5 Å². The molecule has 0 aliphatic carbocycles. The van der Waals surface area contributed by atoms with Crippen molar-refractivity contribution in [1.29, 1.82) is 0 Å². The molecule has 3 aromatic rings. The molecule has 0 bridgehead atoms. The van der Waals surface area contributed by atoms with Gasteiger partial charge in [-0.3, -0.25) is 4.79 Å². The molecule has 3 rings (SSSR count). The quantitative estimate of drug-likeness (QED) is 0.589. The van der Waals surface area contributed by atoms with Crippen molar-refractivity contribution in [2.75, 3.05) is 7.11 Å². The van der Waals surface area contributed by atoms with Crippen molar-refractivity contribution in [3.63, 3.8) is 0 Å². The number of hydrogen-bond donors (Lipinski definition) is 0. The second kappa shape index (κ2) is 7.47. The van der Waals surface area contributed by atoms with Gasteiger partial charge in [0.25, 0.3) is 0 Å². The summed E-state index contributed by atoms with van der Waals surface area (Å²) in [4.78, 5) is 15.4. The summed E-state index contributed by atoms with van der Waals surface area (Å²) in [5.74, 6) is 1.08. The largest absolute Gasteiger partial charge is 0.493 e. The number of carbonyl (C=O) groups excluding carboxylic acids is 1. The SMILES string of the molecule is COc1cc(C=O)ccc1OCc1csc(-c2ccccc2Cl)n1. The van der Waals surface area contributed by atoms with E-state index in [4.69, 9.17) is 21.1 Å². The average Bonchev–Trinajstić information content (AvgIpc) is 3.09. The standard InChI is InChI=1S/C18H14ClNO3S/c1-22-17-8-12(9-21)6-7-16(17)23-10-13-11-24-18(20-13)14-4-2-3-5-15(14)19/h2-9,11H,10H2,1H3. The second-order valence-electron chi connectivity index (χ2n) is 4.94. The zero-order chi connectivity index (χ0) is 16.9. The number of benzene rings is 2. The van der Waals surface area contributed by atoms with Gasteiger partial charge in [0.1, 0.15) is 17.9 Å². The highest BCUT2D eigenvalue weighted by atomic mass is 35.5. The molecule has 0 radical (unpaired) electrons. The minimum atomic E-state index is 0.303. The van der Waals surface area contributed by atoms with Gasteiger partial charge < -0.3 is 9.47 Å². The fraction of sp³-hybridized carbons (Fsp3) is 0.111. The molecule has 2 aromatic carbocycles. The maximum Gasteiger partial charge on any atom is 0.161 e. The highest BCUT2D eigenvalue weighted by Crippen LogP contribution is 2.31. The van der Waals surface area contributed by atoms with Gasteiger partial charge in [0.2, 0.25) is 0 Å². The fourth-order valence-corrected chi connectivity index (χ4v) is 3.28. The molecule has 1 heterocycles. The van der Waals surface area contributed by atoms with Crippen molar-refractivity contribution < 1.29 is 14.3 Å². The van der Waals surface area contributed by atoms with Crippen molar-refractivity contribution in [3.8, 4) is 22.1 Å². The van der Waals surface area contributed by atoms with Gasteiger partial charge in [-0.05, 0) is 24.3 Å². The summed E-state index contributed by atoms with van der Waals surface area (Å²) >= 11 is 7.71. The lowest BCUT2D eigenvalue weighted by atomic mass is 10.2. The van der Waals surface area contributed by atoms with Gasteiger partial charge in [-0.2, -0.15) is 0 Å². The number of aldehydes is 1. The zero-order valence-corrected chi connectivity index (χ0v) is 14.4. The fourth-order valence-electron chi connectivity index (χ4n) is 2.16. The lowest BCUT2D eigenvalue weighted by Crippen LogP contribution is -1.98. The lowest BCUT2D eigenvalue weighted by Gasteiger charge is -2.09. The molecule has 24 heavy (non-hydrogen) atoms. The zero-order valence-electron chi connectivity index (χ0n) is 12.9. The third kappa shape index (κ3) is 3.58.